The number of benzene rings is 1. The zero-order valence-electron chi connectivity index (χ0n) is 9.89. The van der Waals surface area contributed by atoms with E-state index in [1.165, 1.54) is 3.57 Å². The van der Waals surface area contributed by atoms with Gasteiger partial charge in [0, 0.05) is 14.1 Å². The zero-order chi connectivity index (χ0) is 13.4. The number of carboxylic acid groups (broad SMARTS) is 1. The average Bonchev–Trinajstić information content (AvgIpc) is 2.91. The van der Waals surface area contributed by atoms with E-state index in [9.17, 15) is 4.79 Å². The lowest BCUT2D eigenvalue weighted by Crippen LogP contribution is -2.08. The van der Waals surface area contributed by atoms with E-state index >= 15 is 0 Å². The Labute approximate surface area is 128 Å². The fourth-order valence-corrected chi connectivity index (χ4v) is 3.60. The number of aliphatic carboxylic acids is 1. The van der Waals surface area contributed by atoms with E-state index in [-0.39, 0.29) is 0 Å². The molecule has 0 radical (unpaired) electrons. The number of anilines is 2. The van der Waals surface area contributed by atoms with Crippen LogP contribution in [-0.4, -0.2) is 16.1 Å². The molecule has 0 fully saturated rings. The van der Waals surface area contributed by atoms with Crippen LogP contribution in [-0.2, 0) is 11.2 Å². The quantitative estimate of drug-likeness (QED) is 0.792. The average molecular weight is 386 g/mol. The lowest BCUT2D eigenvalue weighted by atomic mass is 10.1. The Bertz CT molecular complexity index is 624. The Balaban J connectivity index is 1.82. The number of rotatable bonds is 3. The highest BCUT2D eigenvalue weighted by molar-refractivity contribution is 14.1. The molecule has 0 saturated carbocycles. The molecule has 1 aromatic heterocycles. The molecule has 6 heteroatoms. The van der Waals surface area contributed by atoms with Crippen molar-refractivity contribution in [1.82, 2.24) is 4.98 Å². The summed E-state index contributed by atoms with van der Waals surface area (Å²) in [6.45, 7) is 0. The number of aryl methyl sites for hydroxylation is 1. The number of nitrogens with zero attached hydrogens (tertiary/aromatic N) is 1. The van der Waals surface area contributed by atoms with Gasteiger partial charge in [0.15, 0.2) is 5.13 Å². The van der Waals surface area contributed by atoms with Crippen molar-refractivity contribution in [3.05, 3.63) is 38.4 Å². The summed E-state index contributed by atoms with van der Waals surface area (Å²) in [5.41, 5.74) is 1.71. The highest BCUT2D eigenvalue weighted by Crippen LogP contribution is 2.39. The second kappa shape index (κ2) is 5.09. The molecule has 1 atom stereocenters. The number of carboxylic acids is 1. The van der Waals surface area contributed by atoms with Gasteiger partial charge in [0.1, 0.15) is 5.92 Å². The molecule has 3 rings (SSSR count). The Hall–Kier alpha value is -1.15. The van der Waals surface area contributed by atoms with Gasteiger partial charge in [0.25, 0.3) is 0 Å². The first-order chi connectivity index (χ1) is 9.13. The van der Waals surface area contributed by atoms with Crippen LogP contribution in [0.15, 0.2) is 24.3 Å². The van der Waals surface area contributed by atoms with Crippen molar-refractivity contribution in [2.45, 2.75) is 18.8 Å². The molecule has 4 nitrogen and oxygen atoms in total. The van der Waals surface area contributed by atoms with Gasteiger partial charge in [-0.25, -0.2) is 4.98 Å². The Kier molecular flexibility index (Phi) is 3.44. The molecule has 0 amide bonds. The van der Waals surface area contributed by atoms with Crippen molar-refractivity contribution in [1.29, 1.82) is 0 Å². The van der Waals surface area contributed by atoms with E-state index in [0.29, 0.717) is 6.42 Å². The Morgan fingerprint density at radius 1 is 1.42 bits per heavy atom. The number of hydrogen-bond acceptors (Lipinski definition) is 4. The van der Waals surface area contributed by atoms with E-state index in [1.807, 2.05) is 24.3 Å². The summed E-state index contributed by atoms with van der Waals surface area (Å²) in [6, 6.07) is 8.01. The largest absolute Gasteiger partial charge is 0.481 e. The van der Waals surface area contributed by atoms with E-state index in [0.717, 1.165) is 27.8 Å². The molecule has 2 aromatic rings. The van der Waals surface area contributed by atoms with Crippen LogP contribution in [0.3, 0.4) is 0 Å². The molecular weight excluding hydrogens is 375 g/mol. The van der Waals surface area contributed by atoms with E-state index in [4.69, 9.17) is 5.11 Å². The van der Waals surface area contributed by atoms with Gasteiger partial charge >= 0.3 is 5.97 Å². The molecular formula is C13H11IN2O2S. The highest BCUT2D eigenvalue weighted by atomic mass is 127. The fourth-order valence-electron chi connectivity index (χ4n) is 2.18. The molecule has 2 N–H and O–H groups in total. The normalized spacial score (nSPS) is 17.2. The molecule has 98 valence electrons. The molecule has 1 unspecified atom stereocenters. The minimum absolute atomic E-state index is 0.432. The van der Waals surface area contributed by atoms with Gasteiger partial charge in [-0.15, -0.1) is 11.3 Å². The third-order valence-corrected chi connectivity index (χ3v) is 4.88. The van der Waals surface area contributed by atoms with Crippen molar-refractivity contribution in [3.63, 3.8) is 0 Å². The predicted octanol–water partition coefficient (Wildman–Crippen LogP) is 3.61. The highest BCUT2D eigenvalue weighted by Gasteiger charge is 2.32. The minimum Gasteiger partial charge on any atom is -0.481 e. The summed E-state index contributed by atoms with van der Waals surface area (Å²) in [4.78, 5) is 16.6. The maximum Gasteiger partial charge on any atom is 0.312 e. The Morgan fingerprint density at radius 2 is 2.16 bits per heavy atom. The zero-order valence-corrected chi connectivity index (χ0v) is 12.9. The van der Waals surface area contributed by atoms with Crippen molar-refractivity contribution in [3.8, 4) is 0 Å². The molecule has 0 saturated heterocycles. The molecule has 0 spiro atoms. The fraction of sp³-hybridized carbons (Fsp3) is 0.231. The summed E-state index contributed by atoms with van der Waals surface area (Å²) in [5.74, 6) is -1.21. The van der Waals surface area contributed by atoms with Gasteiger partial charge in [0.2, 0.25) is 0 Å². The summed E-state index contributed by atoms with van der Waals surface area (Å²) < 4.78 is 1.18. The molecule has 1 aliphatic rings. The topological polar surface area (TPSA) is 62.2 Å². The van der Waals surface area contributed by atoms with Crippen LogP contribution in [0.4, 0.5) is 10.8 Å². The number of nitrogens with one attached hydrogen (secondary N) is 1. The molecule has 0 bridgehead atoms. The van der Waals surface area contributed by atoms with E-state index in [2.05, 4.69) is 32.9 Å². The summed E-state index contributed by atoms with van der Waals surface area (Å²) in [5, 5.41) is 13.1. The van der Waals surface area contributed by atoms with Crippen molar-refractivity contribution >= 4 is 50.7 Å². The van der Waals surface area contributed by atoms with E-state index < -0.39 is 11.9 Å². The van der Waals surface area contributed by atoms with Crippen LogP contribution >= 0.6 is 33.9 Å². The number of carbonyl (C=O) groups is 1. The Morgan fingerprint density at radius 3 is 2.84 bits per heavy atom. The molecule has 19 heavy (non-hydrogen) atoms. The molecule has 1 aromatic carbocycles. The van der Waals surface area contributed by atoms with Crippen LogP contribution in [0.5, 0.6) is 0 Å². The minimum atomic E-state index is -0.773. The van der Waals surface area contributed by atoms with Crippen molar-refractivity contribution in [2.24, 2.45) is 0 Å². The third kappa shape index (κ3) is 2.59. The maximum atomic E-state index is 11.1. The first kappa shape index (κ1) is 12.9. The van der Waals surface area contributed by atoms with Crippen LogP contribution in [0, 0.1) is 3.57 Å². The van der Waals surface area contributed by atoms with Gasteiger partial charge in [-0.3, -0.25) is 4.79 Å². The monoisotopic (exact) mass is 386 g/mol. The van der Waals surface area contributed by atoms with Gasteiger partial charge in [-0.2, -0.15) is 0 Å². The predicted molar refractivity (Wildman–Crippen MR) is 83.3 cm³/mol. The number of aromatic nitrogens is 1. The first-order valence-electron chi connectivity index (χ1n) is 5.88. The summed E-state index contributed by atoms with van der Waals surface area (Å²) in [7, 11) is 0. The summed E-state index contributed by atoms with van der Waals surface area (Å²) in [6.07, 6.45) is 1.49. The van der Waals surface area contributed by atoms with Crippen LogP contribution in [0.1, 0.15) is 22.9 Å². The molecule has 1 heterocycles. The van der Waals surface area contributed by atoms with Crippen molar-refractivity contribution in [2.75, 3.05) is 5.32 Å². The third-order valence-electron chi connectivity index (χ3n) is 3.11. The van der Waals surface area contributed by atoms with Gasteiger partial charge in [-0.05, 0) is 59.7 Å². The summed E-state index contributed by atoms with van der Waals surface area (Å²) >= 11 is 3.81. The smallest absolute Gasteiger partial charge is 0.312 e. The van der Waals surface area contributed by atoms with Gasteiger partial charge in [-0.1, -0.05) is 0 Å². The second-order valence-corrected chi connectivity index (χ2v) is 6.72. The maximum absolute atomic E-state index is 11.1. The first-order valence-corrected chi connectivity index (χ1v) is 7.78. The van der Waals surface area contributed by atoms with E-state index in [1.54, 1.807) is 11.3 Å². The molecule has 1 aliphatic carbocycles. The van der Waals surface area contributed by atoms with Crippen molar-refractivity contribution < 1.29 is 9.90 Å². The number of halogens is 1. The van der Waals surface area contributed by atoms with Gasteiger partial charge < -0.3 is 10.4 Å². The SMILES string of the molecule is O=C(O)C1CCc2sc(Nc3ccc(I)cc3)nc21. The number of hydrogen-bond donors (Lipinski definition) is 2. The lowest BCUT2D eigenvalue weighted by molar-refractivity contribution is -0.138. The molecule has 0 aliphatic heterocycles. The number of fused-ring (bicyclic) bond motifs is 1. The van der Waals surface area contributed by atoms with Crippen LogP contribution in [0.2, 0.25) is 0 Å². The lowest BCUT2D eigenvalue weighted by Gasteiger charge is -2.04. The second-order valence-electron chi connectivity index (χ2n) is 4.39. The van der Waals surface area contributed by atoms with Gasteiger partial charge in [0.05, 0.1) is 5.69 Å². The van der Waals surface area contributed by atoms with Crippen LogP contribution in [0.25, 0.3) is 0 Å². The number of thiazole rings is 1. The van der Waals surface area contributed by atoms with Crippen LogP contribution < -0.4 is 5.32 Å². The standard InChI is InChI=1S/C13H11IN2O2S/c14-7-1-3-8(4-2-7)15-13-16-11-9(12(17)18)5-6-10(11)19-13/h1-4,9H,5-6H2,(H,15,16)(H,17,18).